The van der Waals surface area contributed by atoms with E-state index in [1.165, 1.54) is 17.4 Å². The summed E-state index contributed by atoms with van der Waals surface area (Å²) in [5.41, 5.74) is 7.40. The van der Waals surface area contributed by atoms with Crippen LogP contribution in [0.2, 0.25) is 0 Å². The van der Waals surface area contributed by atoms with E-state index in [0.29, 0.717) is 49.5 Å². The fourth-order valence-electron chi connectivity index (χ4n) is 4.82. The van der Waals surface area contributed by atoms with Gasteiger partial charge in [0.2, 0.25) is 5.91 Å². The number of hydrogen-bond donors (Lipinski definition) is 3. The number of carbonyl (C=O) groups excluding carboxylic acids is 3. The normalized spacial score (nSPS) is 31.7. The second-order valence-corrected chi connectivity index (χ2v) is 11.4. The molecule has 2 bridgehead atoms. The quantitative estimate of drug-likeness (QED) is 0.463. The number of aliphatic hydroxyl groups excluding tert-OH is 1. The number of allylic oxidation sites excluding steroid dienone is 2. The van der Waals surface area contributed by atoms with Gasteiger partial charge in [0, 0.05) is 36.9 Å². The molecule has 2 amide bonds. The molecule has 3 rings (SSSR count). The summed E-state index contributed by atoms with van der Waals surface area (Å²) in [7, 11) is 0. The largest absolute Gasteiger partial charge is 0.460 e. The molecule has 4 N–H and O–H groups in total. The minimum absolute atomic E-state index is 0.0139. The molecule has 38 heavy (non-hydrogen) atoms. The smallest absolute Gasteiger partial charge is 0.329 e. The molecule has 9 nitrogen and oxygen atoms in total. The molecule has 2 aliphatic heterocycles. The van der Waals surface area contributed by atoms with Gasteiger partial charge >= 0.3 is 5.97 Å². The van der Waals surface area contributed by atoms with Crippen LogP contribution in [0.15, 0.2) is 41.3 Å². The van der Waals surface area contributed by atoms with Gasteiger partial charge in [0.05, 0.1) is 11.1 Å². The second-order valence-electron chi connectivity index (χ2n) is 10.5. The zero-order valence-corrected chi connectivity index (χ0v) is 23.4. The first-order chi connectivity index (χ1) is 18.0. The van der Waals surface area contributed by atoms with Crippen LogP contribution in [-0.4, -0.2) is 70.2 Å². The lowest BCUT2D eigenvalue weighted by Gasteiger charge is -2.29. The van der Waals surface area contributed by atoms with Crippen molar-refractivity contribution in [1.29, 1.82) is 0 Å². The minimum Gasteiger partial charge on any atom is -0.460 e. The lowest BCUT2D eigenvalue weighted by Crippen LogP contribution is -2.44. The van der Waals surface area contributed by atoms with Crippen molar-refractivity contribution in [3.8, 4) is 0 Å². The number of carbonyl (C=O) groups is 3. The summed E-state index contributed by atoms with van der Waals surface area (Å²) < 4.78 is 5.93. The summed E-state index contributed by atoms with van der Waals surface area (Å²) >= 11 is 1.35. The fourth-order valence-corrected chi connectivity index (χ4v) is 5.69. The Hall–Kier alpha value is -2.82. The minimum atomic E-state index is -0.735. The van der Waals surface area contributed by atoms with Gasteiger partial charge in [0.1, 0.15) is 17.8 Å². The second kappa shape index (κ2) is 13.8. The molecule has 5 atom stereocenters. The predicted molar refractivity (Wildman–Crippen MR) is 147 cm³/mol. The highest BCUT2D eigenvalue weighted by atomic mass is 32.1. The molecule has 0 aromatic carbocycles. The van der Waals surface area contributed by atoms with Crippen molar-refractivity contribution in [2.45, 2.75) is 77.7 Å². The van der Waals surface area contributed by atoms with Gasteiger partial charge in [-0.25, -0.2) is 9.78 Å². The molecule has 1 aromatic rings. The summed E-state index contributed by atoms with van der Waals surface area (Å²) in [5, 5.41) is 15.6. The highest BCUT2D eigenvalue weighted by molar-refractivity contribution is 7.09. The Labute approximate surface area is 228 Å². The number of nitrogens with one attached hydrogen (secondary N) is 1. The number of thiazole rings is 1. The number of amides is 2. The average molecular weight is 545 g/mol. The van der Waals surface area contributed by atoms with E-state index in [-0.39, 0.29) is 29.7 Å². The Balaban J connectivity index is 1.85. The van der Waals surface area contributed by atoms with Crippen LogP contribution in [0, 0.1) is 11.8 Å². The van der Waals surface area contributed by atoms with Gasteiger partial charge in [-0.1, -0.05) is 50.6 Å². The first kappa shape index (κ1) is 29.7. The van der Waals surface area contributed by atoms with Gasteiger partial charge in [-0.15, -0.1) is 11.3 Å². The topological polar surface area (TPSA) is 135 Å². The molecule has 1 aromatic heterocycles. The molecule has 1 fully saturated rings. The summed E-state index contributed by atoms with van der Waals surface area (Å²) in [6.07, 6.45) is 9.38. The highest BCUT2D eigenvalue weighted by Gasteiger charge is 2.38. The predicted octanol–water partition coefficient (Wildman–Crippen LogP) is 2.76. The van der Waals surface area contributed by atoms with E-state index in [4.69, 9.17) is 10.5 Å². The number of rotatable bonds is 1. The standard InChI is InChI=1S/C28H40N4O5S/c1-17(2)26-19(4)9-10-24(34)30-11-5-7-18(3)13-21(33)14-20(29)15-25-31-22(16-38-25)27(35)32-12-6-8-23(32)28(36)37-26/h5,7,9-10,13,16-17,19-21,23,26,33H,6,8,11-12,14-15,29H2,1-4H3,(H,30,34)/b7-5+,10-9+,18-13+. The number of aliphatic hydroxyl groups is 1. The van der Waals surface area contributed by atoms with Crippen LogP contribution in [0.4, 0.5) is 0 Å². The molecule has 10 heteroatoms. The van der Waals surface area contributed by atoms with E-state index in [0.717, 1.165) is 5.57 Å². The Morgan fingerprint density at radius 3 is 2.76 bits per heavy atom. The zero-order valence-electron chi connectivity index (χ0n) is 22.6. The third-order valence-corrected chi connectivity index (χ3v) is 7.62. The zero-order chi connectivity index (χ0) is 27.8. The fraction of sp³-hybridized carbons (Fsp3) is 0.571. The SMILES string of the molecule is CC1=C\C(O)CC(N)Cc2nc(cs2)C(=O)N2CCCC2C(=O)OC(C(C)C)C(C)/C=C/C(=O)NC\C=C\1. The summed E-state index contributed by atoms with van der Waals surface area (Å²) in [4.78, 5) is 44.8. The molecule has 0 radical (unpaired) electrons. The number of nitrogens with two attached hydrogens (primary N) is 1. The maximum Gasteiger partial charge on any atom is 0.329 e. The van der Waals surface area contributed by atoms with Crippen molar-refractivity contribution in [3.05, 3.63) is 52.0 Å². The van der Waals surface area contributed by atoms with Crippen LogP contribution < -0.4 is 11.1 Å². The van der Waals surface area contributed by atoms with E-state index in [2.05, 4.69) is 10.3 Å². The number of esters is 1. The van der Waals surface area contributed by atoms with Crippen molar-refractivity contribution in [3.63, 3.8) is 0 Å². The molecule has 5 unspecified atom stereocenters. The van der Waals surface area contributed by atoms with Crippen molar-refractivity contribution >= 4 is 29.1 Å². The third kappa shape index (κ3) is 8.34. The molecule has 208 valence electrons. The van der Waals surface area contributed by atoms with Crippen molar-refractivity contribution in [2.24, 2.45) is 17.6 Å². The van der Waals surface area contributed by atoms with Gasteiger partial charge in [-0.2, -0.15) is 0 Å². The van der Waals surface area contributed by atoms with E-state index in [1.54, 1.807) is 22.4 Å². The maximum absolute atomic E-state index is 13.3. The van der Waals surface area contributed by atoms with Crippen LogP contribution in [-0.2, 0) is 20.7 Å². The van der Waals surface area contributed by atoms with Crippen LogP contribution >= 0.6 is 11.3 Å². The lowest BCUT2D eigenvalue weighted by molar-refractivity contribution is -0.158. The molecule has 3 heterocycles. The molecule has 2 aliphatic rings. The van der Waals surface area contributed by atoms with Crippen molar-refractivity contribution in [1.82, 2.24) is 15.2 Å². The number of aromatic nitrogens is 1. The number of fused-ring (bicyclic) bond motifs is 3. The summed E-state index contributed by atoms with van der Waals surface area (Å²) in [6, 6.07) is -1.02. The van der Waals surface area contributed by atoms with E-state index < -0.39 is 24.2 Å². The van der Waals surface area contributed by atoms with Crippen LogP contribution in [0.25, 0.3) is 0 Å². The van der Waals surface area contributed by atoms with Gasteiger partial charge < -0.3 is 25.8 Å². The Bertz CT molecular complexity index is 1080. The molecular formula is C28H40N4O5S. The Kier molecular flexibility index (Phi) is 10.8. The lowest BCUT2D eigenvalue weighted by atomic mass is 9.94. The first-order valence-corrected chi connectivity index (χ1v) is 14.1. The molecular weight excluding hydrogens is 504 g/mol. The summed E-state index contributed by atoms with van der Waals surface area (Å²) in [6.45, 7) is 8.49. The molecule has 0 saturated carbocycles. The van der Waals surface area contributed by atoms with Gasteiger partial charge in [-0.05, 0) is 38.2 Å². The van der Waals surface area contributed by atoms with E-state index in [1.807, 2.05) is 39.8 Å². The number of nitrogens with zero attached hydrogens (tertiary/aromatic N) is 2. The number of cyclic esters (lactones) is 1. The van der Waals surface area contributed by atoms with E-state index in [9.17, 15) is 19.5 Å². The Morgan fingerprint density at radius 2 is 2.03 bits per heavy atom. The van der Waals surface area contributed by atoms with Crippen LogP contribution in [0.5, 0.6) is 0 Å². The van der Waals surface area contributed by atoms with Gasteiger partial charge in [0.15, 0.2) is 0 Å². The van der Waals surface area contributed by atoms with Crippen LogP contribution in [0.1, 0.15) is 62.5 Å². The molecule has 1 saturated heterocycles. The maximum atomic E-state index is 13.3. The van der Waals surface area contributed by atoms with E-state index >= 15 is 0 Å². The third-order valence-electron chi connectivity index (χ3n) is 6.75. The average Bonchev–Trinajstić information content (AvgIpc) is 3.52. The van der Waals surface area contributed by atoms with Gasteiger partial charge in [0.25, 0.3) is 5.91 Å². The molecule has 0 aliphatic carbocycles. The summed E-state index contributed by atoms with van der Waals surface area (Å²) in [5.74, 6) is -1.17. The van der Waals surface area contributed by atoms with Crippen molar-refractivity contribution < 1.29 is 24.2 Å². The number of hydrogen-bond acceptors (Lipinski definition) is 8. The Morgan fingerprint density at radius 1 is 1.26 bits per heavy atom. The monoisotopic (exact) mass is 544 g/mol. The molecule has 0 spiro atoms. The van der Waals surface area contributed by atoms with Crippen molar-refractivity contribution in [2.75, 3.05) is 13.1 Å². The van der Waals surface area contributed by atoms with Crippen LogP contribution in [0.3, 0.4) is 0 Å². The number of ether oxygens (including phenoxy) is 1. The first-order valence-electron chi connectivity index (χ1n) is 13.3. The highest BCUT2D eigenvalue weighted by Crippen LogP contribution is 2.26. The van der Waals surface area contributed by atoms with Gasteiger partial charge in [-0.3, -0.25) is 9.59 Å².